The van der Waals surface area contributed by atoms with Gasteiger partial charge in [0, 0.05) is 6.61 Å². The van der Waals surface area contributed by atoms with Crippen LogP contribution in [0.5, 0.6) is 0 Å². The van der Waals surface area contributed by atoms with Gasteiger partial charge >= 0.3 is 5.97 Å². The molecular formula is C11H18N2O5. The van der Waals surface area contributed by atoms with Gasteiger partial charge in [-0.15, -0.1) is 0 Å². The van der Waals surface area contributed by atoms with Crippen molar-refractivity contribution in [1.82, 2.24) is 4.90 Å². The van der Waals surface area contributed by atoms with Crippen LogP contribution in [-0.4, -0.2) is 65.9 Å². The lowest BCUT2D eigenvalue weighted by Gasteiger charge is -2.49. The van der Waals surface area contributed by atoms with Crippen molar-refractivity contribution in [2.45, 2.75) is 24.5 Å². The Morgan fingerprint density at radius 3 is 2.67 bits per heavy atom. The largest absolute Gasteiger partial charge is 0.480 e. The Kier molecular flexibility index (Phi) is 3.31. The van der Waals surface area contributed by atoms with E-state index < -0.39 is 17.1 Å². The quantitative estimate of drug-likeness (QED) is 0.657. The first-order valence-electron chi connectivity index (χ1n) is 5.86. The number of hydrogen-bond donors (Lipinski definition) is 2. The topological polar surface area (TPSA) is 102 Å². The van der Waals surface area contributed by atoms with Crippen LogP contribution in [0.4, 0.5) is 0 Å². The van der Waals surface area contributed by atoms with Crippen molar-refractivity contribution in [3.8, 4) is 0 Å². The van der Waals surface area contributed by atoms with E-state index >= 15 is 0 Å². The van der Waals surface area contributed by atoms with E-state index in [1.54, 1.807) is 11.8 Å². The number of carboxylic acid groups (broad SMARTS) is 1. The maximum absolute atomic E-state index is 12.1. The summed E-state index contributed by atoms with van der Waals surface area (Å²) in [4.78, 5) is 24.1. The standard InChI is InChI=1S/C11H18N2O5/c1-10(18-4-8(14)15)5-13(6-10)9(16)11(12)2-3-17-7-11/h2-7,12H2,1H3,(H,14,15). The van der Waals surface area contributed by atoms with Gasteiger partial charge in [-0.05, 0) is 13.3 Å². The third kappa shape index (κ3) is 2.47. The molecule has 1 atom stereocenters. The molecule has 7 nitrogen and oxygen atoms in total. The highest BCUT2D eigenvalue weighted by atomic mass is 16.5. The third-order valence-corrected chi connectivity index (χ3v) is 3.36. The summed E-state index contributed by atoms with van der Waals surface area (Å²) in [5.74, 6) is -1.16. The van der Waals surface area contributed by atoms with Crippen LogP contribution in [0.3, 0.4) is 0 Å². The molecule has 3 N–H and O–H groups in total. The van der Waals surface area contributed by atoms with Crippen LogP contribution >= 0.6 is 0 Å². The van der Waals surface area contributed by atoms with Crippen LogP contribution in [0.2, 0.25) is 0 Å². The molecule has 0 aromatic rings. The zero-order valence-corrected chi connectivity index (χ0v) is 10.3. The van der Waals surface area contributed by atoms with Crippen LogP contribution in [0.1, 0.15) is 13.3 Å². The fourth-order valence-corrected chi connectivity index (χ4v) is 2.30. The highest BCUT2D eigenvalue weighted by molar-refractivity contribution is 5.87. The first-order chi connectivity index (χ1) is 8.35. The SMILES string of the molecule is CC1(OCC(=O)O)CN(C(=O)C2(N)CCOC2)C1. The van der Waals surface area contributed by atoms with Gasteiger partial charge in [0.1, 0.15) is 17.7 Å². The second-order valence-corrected chi connectivity index (χ2v) is 5.25. The zero-order valence-electron chi connectivity index (χ0n) is 10.3. The summed E-state index contributed by atoms with van der Waals surface area (Å²) >= 11 is 0. The van der Waals surface area contributed by atoms with Gasteiger partial charge < -0.3 is 25.2 Å². The van der Waals surface area contributed by atoms with Gasteiger partial charge in [-0.25, -0.2) is 4.79 Å². The van der Waals surface area contributed by atoms with Crippen molar-refractivity contribution < 1.29 is 24.2 Å². The molecule has 2 heterocycles. The molecular weight excluding hydrogens is 240 g/mol. The number of ether oxygens (including phenoxy) is 2. The van der Waals surface area contributed by atoms with E-state index in [-0.39, 0.29) is 19.1 Å². The maximum atomic E-state index is 12.1. The first-order valence-corrected chi connectivity index (χ1v) is 5.86. The summed E-state index contributed by atoms with van der Waals surface area (Å²) in [6.45, 7) is 2.93. The Morgan fingerprint density at radius 1 is 1.50 bits per heavy atom. The minimum absolute atomic E-state index is 0.142. The van der Waals surface area contributed by atoms with E-state index in [9.17, 15) is 9.59 Å². The Labute approximate surface area is 105 Å². The van der Waals surface area contributed by atoms with E-state index in [0.29, 0.717) is 26.1 Å². The van der Waals surface area contributed by atoms with Gasteiger partial charge in [0.05, 0.1) is 19.7 Å². The number of carbonyl (C=O) groups excluding carboxylic acids is 1. The summed E-state index contributed by atoms with van der Waals surface area (Å²) in [5, 5.41) is 8.54. The molecule has 2 saturated heterocycles. The molecule has 0 aromatic heterocycles. The molecule has 1 amide bonds. The van der Waals surface area contributed by atoms with E-state index in [2.05, 4.69) is 0 Å². The second-order valence-electron chi connectivity index (χ2n) is 5.25. The second kappa shape index (κ2) is 4.49. The number of carbonyl (C=O) groups is 2. The number of rotatable bonds is 4. The van der Waals surface area contributed by atoms with Gasteiger partial charge in [0.2, 0.25) is 5.91 Å². The van der Waals surface area contributed by atoms with E-state index in [1.165, 1.54) is 0 Å². The molecule has 0 spiro atoms. The monoisotopic (exact) mass is 258 g/mol. The van der Waals surface area contributed by atoms with Crippen molar-refractivity contribution in [1.29, 1.82) is 0 Å². The summed E-state index contributed by atoms with van der Waals surface area (Å²) in [6.07, 6.45) is 0.523. The highest BCUT2D eigenvalue weighted by Gasteiger charge is 2.49. The van der Waals surface area contributed by atoms with E-state index in [0.717, 1.165) is 0 Å². The number of nitrogens with zero attached hydrogens (tertiary/aromatic N) is 1. The number of likely N-dealkylation sites (tertiary alicyclic amines) is 1. The molecule has 0 saturated carbocycles. The molecule has 1 unspecified atom stereocenters. The molecule has 18 heavy (non-hydrogen) atoms. The predicted octanol–water partition coefficient (Wildman–Crippen LogP) is -1.19. The molecule has 0 aromatic carbocycles. The highest BCUT2D eigenvalue weighted by Crippen LogP contribution is 2.28. The minimum atomic E-state index is -1.01. The van der Waals surface area contributed by atoms with E-state index in [4.69, 9.17) is 20.3 Å². The number of carboxylic acids is 1. The van der Waals surface area contributed by atoms with Gasteiger partial charge in [0.15, 0.2) is 0 Å². The number of hydrogen-bond acceptors (Lipinski definition) is 5. The van der Waals surface area contributed by atoms with Crippen LogP contribution in [-0.2, 0) is 19.1 Å². The number of nitrogens with two attached hydrogens (primary N) is 1. The van der Waals surface area contributed by atoms with Gasteiger partial charge in [-0.3, -0.25) is 4.79 Å². The van der Waals surface area contributed by atoms with E-state index in [1.807, 2.05) is 0 Å². The van der Waals surface area contributed by atoms with Crippen molar-refractivity contribution in [2.24, 2.45) is 5.73 Å². The molecule has 0 bridgehead atoms. The summed E-state index contributed by atoms with van der Waals surface area (Å²) in [6, 6.07) is 0. The first kappa shape index (κ1) is 13.3. The van der Waals surface area contributed by atoms with Gasteiger partial charge in [-0.2, -0.15) is 0 Å². The minimum Gasteiger partial charge on any atom is -0.480 e. The Morgan fingerprint density at radius 2 is 2.17 bits per heavy atom. The normalized spacial score (nSPS) is 30.0. The summed E-state index contributed by atoms with van der Waals surface area (Å²) < 4.78 is 10.4. The average Bonchev–Trinajstić information content (AvgIpc) is 2.70. The van der Waals surface area contributed by atoms with Crippen molar-refractivity contribution in [2.75, 3.05) is 32.9 Å². The lowest BCUT2D eigenvalue weighted by atomic mass is 9.90. The molecule has 0 aliphatic carbocycles. The average molecular weight is 258 g/mol. The molecule has 2 aliphatic rings. The van der Waals surface area contributed by atoms with Crippen LogP contribution in [0.25, 0.3) is 0 Å². The van der Waals surface area contributed by atoms with Crippen LogP contribution in [0, 0.1) is 0 Å². The lowest BCUT2D eigenvalue weighted by Crippen LogP contribution is -2.69. The predicted molar refractivity (Wildman–Crippen MR) is 60.9 cm³/mol. The van der Waals surface area contributed by atoms with Crippen molar-refractivity contribution in [3.05, 3.63) is 0 Å². The fraction of sp³-hybridized carbons (Fsp3) is 0.818. The van der Waals surface area contributed by atoms with Crippen LogP contribution < -0.4 is 5.73 Å². The molecule has 7 heteroatoms. The number of aliphatic carboxylic acids is 1. The fourth-order valence-electron chi connectivity index (χ4n) is 2.30. The summed E-state index contributed by atoms with van der Waals surface area (Å²) in [5.41, 5.74) is 4.47. The molecule has 0 radical (unpaired) electrons. The molecule has 2 rings (SSSR count). The number of amides is 1. The van der Waals surface area contributed by atoms with Crippen LogP contribution in [0.15, 0.2) is 0 Å². The third-order valence-electron chi connectivity index (χ3n) is 3.36. The Bertz CT molecular complexity index is 358. The van der Waals surface area contributed by atoms with Gasteiger partial charge in [-0.1, -0.05) is 0 Å². The van der Waals surface area contributed by atoms with Crippen molar-refractivity contribution >= 4 is 11.9 Å². The Hall–Kier alpha value is -1.18. The molecule has 2 aliphatic heterocycles. The zero-order chi connectivity index (χ0) is 13.4. The smallest absolute Gasteiger partial charge is 0.329 e. The maximum Gasteiger partial charge on any atom is 0.329 e. The van der Waals surface area contributed by atoms with Crippen molar-refractivity contribution in [3.63, 3.8) is 0 Å². The lowest BCUT2D eigenvalue weighted by molar-refractivity contribution is -0.176. The molecule has 102 valence electrons. The summed E-state index contributed by atoms with van der Waals surface area (Å²) in [7, 11) is 0. The Balaban J connectivity index is 1.84. The van der Waals surface area contributed by atoms with Gasteiger partial charge in [0.25, 0.3) is 0 Å². The molecule has 2 fully saturated rings.